The van der Waals surface area contributed by atoms with Gasteiger partial charge in [-0.3, -0.25) is 14.9 Å². The number of piperidine rings is 1. The highest BCUT2D eigenvalue weighted by atomic mass is 35.5. The number of nitro benzene ring substituents is 1. The lowest BCUT2D eigenvalue weighted by Gasteiger charge is -2.25. The highest BCUT2D eigenvalue weighted by molar-refractivity contribution is 7.89. The Morgan fingerprint density at radius 3 is 2.34 bits per heavy atom. The van der Waals surface area contributed by atoms with Crippen molar-refractivity contribution in [3.8, 4) is 0 Å². The first-order valence-electron chi connectivity index (χ1n) is 9.10. The zero-order chi connectivity index (χ0) is 21.0. The number of nitro groups is 1. The van der Waals surface area contributed by atoms with Crippen LogP contribution < -0.4 is 5.32 Å². The summed E-state index contributed by atoms with van der Waals surface area (Å²) < 4.78 is 26.8. The number of ketones is 1. The molecule has 1 N–H and O–H groups in total. The van der Waals surface area contributed by atoms with E-state index in [-0.39, 0.29) is 27.9 Å². The number of rotatable bonds is 7. The van der Waals surface area contributed by atoms with E-state index in [0.29, 0.717) is 24.3 Å². The van der Waals surface area contributed by atoms with Crippen molar-refractivity contribution in [2.75, 3.05) is 25.0 Å². The average molecular weight is 438 g/mol. The molecule has 2 aromatic rings. The van der Waals surface area contributed by atoms with Gasteiger partial charge in [-0.25, -0.2) is 8.42 Å². The van der Waals surface area contributed by atoms with Gasteiger partial charge in [0.2, 0.25) is 10.0 Å². The number of non-ortho nitro benzene ring substituents is 1. The summed E-state index contributed by atoms with van der Waals surface area (Å²) in [6, 6.07) is 9.78. The summed E-state index contributed by atoms with van der Waals surface area (Å²) in [5, 5.41) is 13.7. The number of anilines is 1. The summed E-state index contributed by atoms with van der Waals surface area (Å²) in [6.45, 7) is 0.946. The van der Waals surface area contributed by atoms with Crippen molar-refractivity contribution >= 4 is 38.8 Å². The van der Waals surface area contributed by atoms with Crippen LogP contribution in [0, 0.1) is 10.1 Å². The van der Waals surface area contributed by atoms with Gasteiger partial charge in [-0.1, -0.05) is 18.0 Å². The van der Waals surface area contributed by atoms with Crippen LogP contribution in [0.1, 0.15) is 29.6 Å². The Labute approximate surface area is 173 Å². The van der Waals surface area contributed by atoms with Crippen molar-refractivity contribution in [1.82, 2.24) is 4.31 Å². The molecule has 0 aliphatic carbocycles. The van der Waals surface area contributed by atoms with Crippen molar-refractivity contribution in [3.63, 3.8) is 0 Å². The first kappa shape index (κ1) is 21.2. The summed E-state index contributed by atoms with van der Waals surface area (Å²) in [5.41, 5.74) is 0.612. The van der Waals surface area contributed by atoms with Gasteiger partial charge in [-0.05, 0) is 43.2 Å². The Balaban J connectivity index is 1.65. The lowest BCUT2D eigenvalue weighted by atomic mass is 10.1. The van der Waals surface area contributed by atoms with Crippen LogP contribution in [0.5, 0.6) is 0 Å². The van der Waals surface area contributed by atoms with Gasteiger partial charge in [0.05, 0.1) is 27.1 Å². The molecule has 29 heavy (non-hydrogen) atoms. The van der Waals surface area contributed by atoms with Crippen LogP contribution in [0.25, 0.3) is 0 Å². The van der Waals surface area contributed by atoms with Crippen LogP contribution in [0.2, 0.25) is 5.02 Å². The van der Waals surface area contributed by atoms with Gasteiger partial charge in [0.25, 0.3) is 5.69 Å². The van der Waals surface area contributed by atoms with E-state index in [2.05, 4.69) is 5.32 Å². The van der Waals surface area contributed by atoms with Gasteiger partial charge in [-0.15, -0.1) is 0 Å². The number of nitrogens with zero attached hydrogens (tertiary/aromatic N) is 2. The maximum absolute atomic E-state index is 12.7. The Morgan fingerprint density at radius 1 is 1.10 bits per heavy atom. The fourth-order valence-corrected chi connectivity index (χ4v) is 4.86. The molecule has 1 aliphatic heterocycles. The van der Waals surface area contributed by atoms with Crippen molar-refractivity contribution in [1.29, 1.82) is 0 Å². The van der Waals surface area contributed by atoms with E-state index in [1.54, 1.807) is 0 Å². The van der Waals surface area contributed by atoms with Crippen molar-refractivity contribution < 1.29 is 18.1 Å². The highest BCUT2D eigenvalue weighted by Gasteiger charge is 2.25. The third-order valence-corrected chi connectivity index (χ3v) is 6.96. The van der Waals surface area contributed by atoms with Crippen LogP contribution in [0.3, 0.4) is 0 Å². The first-order chi connectivity index (χ1) is 13.8. The van der Waals surface area contributed by atoms with E-state index >= 15 is 0 Å². The predicted octanol–water partition coefficient (Wildman–Crippen LogP) is 3.72. The fraction of sp³-hybridized carbons (Fsp3) is 0.316. The Bertz CT molecular complexity index is 1020. The second-order valence-corrected chi connectivity index (χ2v) is 9.03. The van der Waals surface area contributed by atoms with Crippen molar-refractivity contribution in [2.24, 2.45) is 0 Å². The molecule has 0 spiro atoms. The number of hydrogen-bond acceptors (Lipinski definition) is 6. The monoisotopic (exact) mass is 437 g/mol. The number of Topliss-reactive ketones (excluding diaryl/α,β-unsaturated/α-hetero) is 1. The first-order valence-corrected chi connectivity index (χ1v) is 10.9. The summed E-state index contributed by atoms with van der Waals surface area (Å²) >= 11 is 6.00. The third kappa shape index (κ3) is 4.92. The van der Waals surface area contributed by atoms with Crippen LogP contribution in [0.4, 0.5) is 11.4 Å². The Morgan fingerprint density at radius 2 is 1.76 bits per heavy atom. The molecule has 0 bridgehead atoms. The molecular formula is C19H20ClN3O5S. The van der Waals surface area contributed by atoms with Gasteiger partial charge in [-0.2, -0.15) is 4.31 Å². The summed E-state index contributed by atoms with van der Waals surface area (Å²) in [4.78, 5) is 22.7. The maximum atomic E-state index is 12.7. The normalized spacial score (nSPS) is 15.1. The minimum absolute atomic E-state index is 0.0875. The van der Waals surface area contributed by atoms with Crippen LogP contribution >= 0.6 is 11.6 Å². The van der Waals surface area contributed by atoms with E-state index in [9.17, 15) is 23.3 Å². The molecule has 154 valence electrons. The van der Waals surface area contributed by atoms with E-state index in [4.69, 9.17) is 11.6 Å². The zero-order valence-corrected chi connectivity index (χ0v) is 17.1. The quantitative estimate of drug-likeness (QED) is 0.401. The Hall–Kier alpha value is -2.49. The molecule has 1 heterocycles. The number of carbonyl (C=O) groups is 1. The molecule has 0 amide bonds. The van der Waals surface area contributed by atoms with E-state index in [1.165, 1.54) is 46.8 Å². The summed E-state index contributed by atoms with van der Waals surface area (Å²) in [7, 11) is -3.54. The zero-order valence-electron chi connectivity index (χ0n) is 15.5. The van der Waals surface area contributed by atoms with Crippen LogP contribution in [-0.2, 0) is 10.0 Å². The standard InChI is InChI=1S/C19H20ClN3O5S/c20-17-12-15(23(25)26)6-9-18(17)21-13-19(24)14-4-7-16(8-5-14)29(27,28)22-10-2-1-3-11-22/h4-9,12,21H,1-3,10-11,13H2. The number of hydrogen-bond donors (Lipinski definition) is 1. The molecular weight excluding hydrogens is 418 g/mol. The molecule has 3 rings (SSSR count). The van der Waals surface area contributed by atoms with E-state index in [0.717, 1.165) is 19.3 Å². The number of benzene rings is 2. The smallest absolute Gasteiger partial charge is 0.271 e. The second kappa shape index (κ2) is 8.89. The van der Waals surface area contributed by atoms with E-state index < -0.39 is 14.9 Å². The molecule has 1 saturated heterocycles. The molecule has 0 saturated carbocycles. The molecule has 0 aromatic heterocycles. The topological polar surface area (TPSA) is 110 Å². The van der Waals surface area contributed by atoms with Gasteiger partial charge in [0.1, 0.15) is 0 Å². The minimum Gasteiger partial charge on any atom is -0.376 e. The summed E-state index contributed by atoms with van der Waals surface area (Å²) in [5.74, 6) is -0.263. The fourth-order valence-electron chi connectivity index (χ4n) is 3.11. The molecule has 2 aromatic carbocycles. The van der Waals surface area contributed by atoms with Gasteiger partial charge >= 0.3 is 0 Å². The molecule has 1 aliphatic rings. The number of carbonyl (C=O) groups excluding carboxylic acids is 1. The van der Waals surface area contributed by atoms with Gasteiger partial charge in [0, 0.05) is 30.8 Å². The predicted molar refractivity (Wildman–Crippen MR) is 110 cm³/mol. The molecule has 1 fully saturated rings. The molecule has 0 atom stereocenters. The van der Waals surface area contributed by atoms with Gasteiger partial charge < -0.3 is 5.32 Å². The average Bonchev–Trinajstić information content (AvgIpc) is 2.73. The number of nitrogens with one attached hydrogen (secondary N) is 1. The highest BCUT2D eigenvalue weighted by Crippen LogP contribution is 2.26. The Kier molecular flexibility index (Phi) is 6.51. The van der Waals surface area contributed by atoms with Gasteiger partial charge in [0.15, 0.2) is 5.78 Å². The number of sulfonamides is 1. The maximum Gasteiger partial charge on any atom is 0.271 e. The largest absolute Gasteiger partial charge is 0.376 e. The molecule has 0 radical (unpaired) electrons. The van der Waals surface area contributed by atoms with E-state index in [1.807, 2.05) is 0 Å². The SMILES string of the molecule is O=C(CNc1ccc([N+](=O)[O-])cc1Cl)c1ccc(S(=O)(=O)N2CCCCC2)cc1. The third-order valence-electron chi connectivity index (χ3n) is 4.73. The molecule has 8 nitrogen and oxygen atoms in total. The number of halogens is 1. The van der Waals surface area contributed by atoms with Crippen molar-refractivity contribution in [2.45, 2.75) is 24.2 Å². The molecule has 10 heteroatoms. The lowest BCUT2D eigenvalue weighted by Crippen LogP contribution is -2.35. The lowest BCUT2D eigenvalue weighted by molar-refractivity contribution is -0.384. The molecule has 0 unspecified atom stereocenters. The van der Waals surface area contributed by atoms with Crippen LogP contribution in [-0.4, -0.2) is 43.1 Å². The minimum atomic E-state index is -3.54. The van der Waals surface area contributed by atoms with Crippen LogP contribution in [0.15, 0.2) is 47.4 Å². The van der Waals surface area contributed by atoms with Crippen molar-refractivity contribution in [3.05, 3.63) is 63.2 Å². The summed E-state index contributed by atoms with van der Waals surface area (Å²) in [6.07, 6.45) is 2.74. The second-order valence-electron chi connectivity index (χ2n) is 6.69.